The zero-order valence-corrected chi connectivity index (χ0v) is 17.3. The fraction of sp³-hybridized carbons (Fsp3) is 0.217. The smallest absolute Gasteiger partial charge is 0.161 e. The number of ether oxygens (including phenoxy) is 3. The topological polar surface area (TPSA) is 39.7 Å². The molecule has 3 aromatic rings. The molecule has 0 saturated heterocycles. The average Bonchev–Trinajstić information content (AvgIpc) is 2.74. The zero-order valence-electron chi connectivity index (χ0n) is 16.5. The zero-order chi connectivity index (χ0) is 19.8. The number of halogens is 2. The molecule has 6 heteroatoms. The van der Waals surface area contributed by atoms with Gasteiger partial charge in [0.1, 0.15) is 18.2 Å². The quantitative estimate of drug-likeness (QED) is 0.523. The van der Waals surface area contributed by atoms with Gasteiger partial charge in [-0.25, -0.2) is 4.39 Å². The highest BCUT2D eigenvalue weighted by Crippen LogP contribution is 2.29. The van der Waals surface area contributed by atoms with Crippen LogP contribution >= 0.6 is 12.4 Å². The van der Waals surface area contributed by atoms with E-state index in [1.807, 2.05) is 42.5 Å². The number of methoxy groups -OCH3 is 2. The predicted octanol–water partition coefficient (Wildman–Crippen LogP) is 5.13. The van der Waals surface area contributed by atoms with Gasteiger partial charge in [0.15, 0.2) is 11.5 Å². The predicted molar refractivity (Wildman–Crippen MR) is 115 cm³/mol. The Balaban J connectivity index is 0.00000300. The molecule has 0 unspecified atom stereocenters. The van der Waals surface area contributed by atoms with Crippen molar-refractivity contribution in [3.63, 3.8) is 0 Å². The Morgan fingerprint density at radius 1 is 0.793 bits per heavy atom. The molecule has 0 bridgehead atoms. The van der Waals surface area contributed by atoms with Gasteiger partial charge in [-0.1, -0.05) is 36.4 Å². The Bertz CT molecular complexity index is 903. The monoisotopic (exact) mass is 417 g/mol. The first-order valence-electron chi connectivity index (χ1n) is 9.06. The number of rotatable bonds is 9. The van der Waals surface area contributed by atoms with Gasteiger partial charge in [0.2, 0.25) is 0 Å². The maximum Gasteiger partial charge on any atom is 0.161 e. The molecule has 0 aliphatic rings. The molecular weight excluding hydrogens is 393 g/mol. The van der Waals surface area contributed by atoms with Crippen molar-refractivity contribution >= 4 is 12.4 Å². The number of nitrogens with one attached hydrogen (secondary N) is 1. The minimum atomic E-state index is -0.277. The summed E-state index contributed by atoms with van der Waals surface area (Å²) in [6, 6.07) is 20.3. The Morgan fingerprint density at radius 3 is 2.17 bits per heavy atom. The highest BCUT2D eigenvalue weighted by atomic mass is 35.5. The Kier molecular flexibility index (Phi) is 8.77. The fourth-order valence-corrected chi connectivity index (χ4v) is 2.81. The van der Waals surface area contributed by atoms with Gasteiger partial charge in [-0.2, -0.15) is 0 Å². The van der Waals surface area contributed by atoms with Crippen LogP contribution in [0, 0.1) is 5.82 Å². The fourth-order valence-electron chi connectivity index (χ4n) is 2.81. The van der Waals surface area contributed by atoms with Crippen LogP contribution in [0.4, 0.5) is 4.39 Å². The summed E-state index contributed by atoms with van der Waals surface area (Å²) in [5.74, 6) is 1.78. The molecule has 0 aliphatic heterocycles. The van der Waals surface area contributed by atoms with Crippen molar-refractivity contribution in [3.8, 4) is 17.2 Å². The highest BCUT2D eigenvalue weighted by Gasteiger charge is 2.08. The molecule has 3 aromatic carbocycles. The third-order valence-corrected chi connectivity index (χ3v) is 4.39. The van der Waals surface area contributed by atoms with E-state index in [1.54, 1.807) is 32.4 Å². The molecule has 29 heavy (non-hydrogen) atoms. The standard InChI is InChI=1S/C23H24FNO3.ClH/c1-26-20-10-7-17(8-11-20)14-25-15-18-9-12-22(23(13-18)27-2)28-16-19-5-3-4-6-21(19)24;/h3-13,25H,14-16H2,1-2H3;1H. The normalized spacial score (nSPS) is 10.2. The first kappa shape index (κ1) is 22.5. The summed E-state index contributed by atoms with van der Waals surface area (Å²) in [5.41, 5.74) is 2.76. The minimum Gasteiger partial charge on any atom is -0.497 e. The van der Waals surface area contributed by atoms with E-state index in [-0.39, 0.29) is 24.8 Å². The summed E-state index contributed by atoms with van der Waals surface area (Å²) in [4.78, 5) is 0. The SMILES string of the molecule is COc1ccc(CNCc2ccc(OCc3ccccc3F)c(OC)c2)cc1.Cl. The molecule has 0 atom stereocenters. The van der Waals surface area contributed by atoms with E-state index in [1.165, 1.54) is 11.6 Å². The van der Waals surface area contributed by atoms with Gasteiger partial charge in [0.05, 0.1) is 14.2 Å². The van der Waals surface area contributed by atoms with Crippen molar-refractivity contribution in [3.05, 3.63) is 89.2 Å². The third kappa shape index (κ3) is 6.38. The molecule has 154 valence electrons. The van der Waals surface area contributed by atoms with Crippen molar-refractivity contribution in [2.45, 2.75) is 19.7 Å². The van der Waals surface area contributed by atoms with E-state index in [4.69, 9.17) is 14.2 Å². The largest absolute Gasteiger partial charge is 0.497 e. The van der Waals surface area contributed by atoms with Crippen LogP contribution in [0.15, 0.2) is 66.7 Å². The van der Waals surface area contributed by atoms with E-state index < -0.39 is 0 Å². The second-order valence-corrected chi connectivity index (χ2v) is 6.32. The molecule has 0 aliphatic carbocycles. The van der Waals surface area contributed by atoms with Crippen molar-refractivity contribution in [2.75, 3.05) is 14.2 Å². The van der Waals surface area contributed by atoms with Crippen LogP contribution in [-0.2, 0) is 19.7 Å². The second-order valence-electron chi connectivity index (χ2n) is 6.32. The van der Waals surface area contributed by atoms with E-state index in [9.17, 15) is 4.39 Å². The molecule has 0 heterocycles. The Hall–Kier alpha value is -2.76. The number of benzene rings is 3. The van der Waals surface area contributed by atoms with Crippen LogP contribution in [0.5, 0.6) is 17.2 Å². The van der Waals surface area contributed by atoms with Gasteiger partial charge in [0.25, 0.3) is 0 Å². The maximum atomic E-state index is 13.7. The minimum absolute atomic E-state index is 0. The molecule has 3 rings (SSSR count). The van der Waals surface area contributed by atoms with Gasteiger partial charge in [-0.3, -0.25) is 0 Å². The molecule has 4 nitrogen and oxygen atoms in total. The van der Waals surface area contributed by atoms with Gasteiger partial charge in [-0.15, -0.1) is 12.4 Å². The second kappa shape index (κ2) is 11.3. The molecule has 0 amide bonds. The lowest BCUT2D eigenvalue weighted by Gasteiger charge is -2.13. The van der Waals surface area contributed by atoms with E-state index >= 15 is 0 Å². The van der Waals surface area contributed by atoms with E-state index in [0.29, 0.717) is 23.6 Å². The Labute approximate surface area is 177 Å². The van der Waals surface area contributed by atoms with Crippen molar-refractivity contribution < 1.29 is 18.6 Å². The average molecular weight is 418 g/mol. The van der Waals surface area contributed by atoms with Gasteiger partial charge in [0, 0.05) is 18.7 Å². The highest BCUT2D eigenvalue weighted by molar-refractivity contribution is 5.85. The van der Waals surface area contributed by atoms with Crippen LogP contribution < -0.4 is 19.5 Å². The van der Waals surface area contributed by atoms with Crippen molar-refractivity contribution in [2.24, 2.45) is 0 Å². The van der Waals surface area contributed by atoms with Gasteiger partial charge >= 0.3 is 0 Å². The molecule has 0 aromatic heterocycles. The van der Waals surface area contributed by atoms with Gasteiger partial charge in [-0.05, 0) is 41.5 Å². The summed E-state index contributed by atoms with van der Waals surface area (Å²) in [6.45, 7) is 1.59. The van der Waals surface area contributed by atoms with E-state index in [2.05, 4.69) is 5.32 Å². The molecule has 0 saturated carbocycles. The lowest BCUT2D eigenvalue weighted by Crippen LogP contribution is -2.12. The molecule has 0 fully saturated rings. The summed E-state index contributed by atoms with van der Waals surface area (Å²) in [7, 11) is 3.25. The van der Waals surface area contributed by atoms with Crippen molar-refractivity contribution in [1.29, 1.82) is 0 Å². The van der Waals surface area contributed by atoms with Crippen LogP contribution in [0.25, 0.3) is 0 Å². The summed E-state index contributed by atoms with van der Waals surface area (Å²) in [5, 5.41) is 3.40. The molecule has 0 radical (unpaired) electrons. The first-order chi connectivity index (χ1) is 13.7. The van der Waals surface area contributed by atoms with E-state index in [0.717, 1.165) is 17.9 Å². The maximum absolute atomic E-state index is 13.7. The lowest BCUT2D eigenvalue weighted by molar-refractivity contribution is 0.279. The molecule has 1 N–H and O–H groups in total. The third-order valence-electron chi connectivity index (χ3n) is 4.39. The van der Waals surface area contributed by atoms with Crippen LogP contribution in [-0.4, -0.2) is 14.2 Å². The summed E-state index contributed by atoms with van der Waals surface area (Å²) >= 11 is 0. The number of hydrogen-bond donors (Lipinski definition) is 1. The number of hydrogen-bond acceptors (Lipinski definition) is 4. The van der Waals surface area contributed by atoms with Crippen molar-refractivity contribution in [1.82, 2.24) is 5.32 Å². The molecule has 0 spiro atoms. The molecular formula is C23H25ClFNO3. The Morgan fingerprint density at radius 2 is 1.48 bits per heavy atom. The lowest BCUT2D eigenvalue weighted by atomic mass is 10.1. The first-order valence-corrected chi connectivity index (χ1v) is 9.06. The summed E-state index contributed by atoms with van der Waals surface area (Å²) < 4.78 is 30.1. The van der Waals surface area contributed by atoms with Gasteiger partial charge < -0.3 is 19.5 Å². The van der Waals surface area contributed by atoms with Crippen LogP contribution in [0.1, 0.15) is 16.7 Å². The van der Waals surface area contributed by atoms with Crippen LogP contribution in [0.3, 0.4) is 0 Å². The summed E-state index contributed by atoms with van der Waals surface area (Å²) in [6.07, 6.45) is 0. The van der Waals surface area contributed by atoms with Crippen LogP contribution in [0.2, 0.25) is 0 Å².